The van der Waals surface area contributed by atoms with Crippen LogP contribution in [0.15, 0.2) is 60.9 Å². The molecule has 0 radical (unpaired) electrons. The maximum atomic E-state index is 12.3. The number of carbonyl (C=O) groups is 1. The lowest BCUT2D eigenvalue weighted by Crippen LogP contribution is -2.30. The number of aryl methyl sites for hydroxylation is 1. The SMILES string of the molecule is Cc1ccc(C(=O)NNc2ncnc(N(C)c3ccccc3)c2[N+](=O)[O-])cc1. The van der Waals surface area contributed by atoms with Crippen molar-refractivity contribution in [1.82, 2.24) is 15.4 Å². The molecular formula is C19H18N6O3. The van der Waals surface area contributed by atoms with Crippen LogP contribution in [0.5, 0.6) is 0 Å². The molecule has 0 bridgehead atoms. The molecule has 142 valence electrons. The molecule has 3 rings (SSSR count). The van der Waals surface area contributed by atoms with Crippen molar-refractivity contribution in [2.45, 2.75) is 6.92 Å². The van der Waals surface area contributed by atoms with Crippen molar-refractivity contribution >= 4 is 28.9 Å². The third-order valence-electron chi connectivity index (χ3n) is 4.05. The van der Waals surface area contributed by atoms with E-state index in [-0.39, 0.29) is 17.3 Å². The van der Waals surface area contributed by atoms with Gasteiger partial charge in [0.1, 0.15) is 6.33 Å². The highest BCUT2D eigenvalue weighted by atomic mass is 16.6. The van der Waals surface area contributed by atoms with Crippen LogP contribution in [-0.4, -0.2) is 27.8 Å². The molecule has 0 unspecified atom stereocenters. The van der Waals surface area contributed by atoms with Gasteiger partial charge in [-0.1, -0.05) is 35.9 Å². The predicted octanol–water partition coefficient (Wildman–Crippen LogP) is 3.22. The number of benzene rings is 2. The Hall–Kier alpha value is -4.01. The second-order valence-electron chi connectivity index (χ2n) is 5.99. The number of anilines is 3. The number of para-hydroxylation sites is 1. The molecule has 0 aliphatic heterocycles. The zero-order valence-corrected chi connectivity index (χ0v) is 15.3. The van der Waals surface area contributed by atoms with Gasteiger partial charge in [0.05, 0.1) is 4.92 Å². The molecule has 0 spiro atoms. The molecule has 1 heterocycles. The topological polar surface area (TPSA) is 113 Å². The van der Waals surface area contributed by atoms with Crippen LogP contribution in [0.2, 0.25) is 0 Å². The lowest BCUT2D eigenvalue weighted by molar-refractivity contribution is -0.383. The van der Waals surface area contributed by atoms with Crippen LogP contribution in [0, 0.1) is 17.0 Å². The zero-order valence-electron chi connectivity index (χ0n) is 15.3. The van der Waals surface area contributed by atoms with Crippen LogP contribution in [0.25, 0.3) is 0 Å². The van der Waals surface area contributed by atoms with Crippen molar-refractivity contribution in [3.8, 4) is 0 Å². The molecule has 0 aliphatic carbocycles. The zero-order chi connectivity index (χ0) is 20.1. The Labute approximate surface area is 161 Å². The molecule has 0 saturated heterocycles. The molecule has 0 atom stereocenters. The van der Waals surface area contributed by atoms with E-state index in [4.69, 9.17) is 0 Å². The van der Waals surface area contributed by atoms with E-state index in [1.54, 1.807) is 48.3 Å². The summed E-state index contributed by atoms with van der Waals surface area (Å²) >= 11 is 0. The van der Waals surface area contributed by atoms with Gasteiger partial charge in [-0.15, -0.1) is 0 Å². The van der Waals surface area contributed by atoms with E-state index in [0.717, 1.165) is 11.3 Å². The maximum absolute atomic E-state index is 12.3. The quantitative estimate of drug-likeness (QED) is 0.500. The molecular weight excluding hydrogens is 360 g/mol. The standard InChI is InChI=1S/C19H18N6O3/c1-13-8-10-14(11-9-13)19(26)23-22-17-16(25(27)28)18(21-12-20-17)24(2)15-6-4-3-5-7-15/h3-12H,1-2H3,(H,23,26)(H,20,21,22). The molecule has 1 aromatic heterocycles. The fourth-order valence-electron chi connectivity index (χ4n) is 2.54. The normalized spacial score (nSPS) is 10.2. The summed E-state index contributed by atoms with van der Waals surface area (Å²) in [6, 6.07) is 16.0. The Morgan fingerprint density at radius 1 is 1.07 bits per heavy atom. The summed E-state index contributed by atoms with van der Waals surface area (Å²) in [5.74, 6) is -0.456. The Morgan fingerprint density at radius 2 is 1.75 bits per heavy atom. The number of amides is 1. The van der Waals surface area contributed by atoms with Gasteiger partial charge in [0.25, 0.3) is 5.91 Å². The third kappa shape index (κ3) is 4.04. The van der Waals surface area contributed by atoms with Gasteiger partial charge >= 0.3 is 5.69 Å². The van der Waals surface area contributed by atoms with E-state index in [1.165, 1.54) is 6.33 Å². The van der Waals surface area contributed by atoms with Crippen LogP contribution >= 0.6 is 0 Å². The van der Waals surface area contributed by atoms with Gasteiger partial charge in [-0.25, -0.2) is 9.97 Å². The Bertz CT molecular complexity index is 992. The van der Waals surface area contributed by atoms with Crippen LogP contribution in [0.4, 0.5) is 23.0 Å². The molecule has 0 aliphatic rings. The highest BCUT2D eigenvalue weighted by Crippen LogP contribution is 2.34. The van der Waals surface area contributed by atoms with Crippen LogP contribution in [0.1, 0.15) is 15.9 Å². The number of hydrazine groups is 1. The average molecular weight is 378 g/mol. The Morgan fingerprint density at radius 3 is 2.39 bits per heavy atom. The number of rotatable bonds is 6. The first-order valence-corrected chi connectivity index (χ1v) is 8.38. The summed E-state index contributed by atoms with van der Waals surface area (Å²) in [6.07, 6.45) is 1.20. The van der Waals surface area contributed by atoms with E-state index in [0.29, 0.717) is 5.56 Å². The number of carbonyl (C=O) groups excluding carboxylic acids is 1. The minimum Gasteiger partial charge on any atom is -0.324 e. The van der Waals surface area contributed by atoms with E-state index in [2.05, 4.69) is 20.8 Å². The smallest absolute Gasteiger partial charge is 0.324 e. The average Bonchev–Trinajstić information content (AvgIpc) is 2.72. The lowest BCUT2D eigenvalue weighted by atomic mass is 10.1. The van der Waals surface area contributed by atoms with Crippen LogP contribution in [-0.2, 0) is 0 Å². The Kier molecular flexibility index (Phi) is 5.45. The van der Waals surface area contributed by atoms with Crippen LogP contribution < -0.4 is 15.8 Å². The first-order valence-electron chi connectivity index (χ1n) is 8.38. The fourth-order valence-corrected chi connectivity index (χ4v) is 2.54. The summed E-state index contributed by atoms with van der Waals surface area (Å²) in [6.45, 7) is 1.91. The molecule has 9 heteroatoms. The molecule has 0 fully saturated rings. The van der Waals surface area contributed by atoms with Crippen molar-refractivity contribution < 1.29 is 9.72 Å². The number of nitro groups is 1. The van der Waals surface area contributed by atoms with E-state index in [9.17, 15) is 14.9 Å². The van der Waals surface area contributed by atoms with Crippen molar-refractivity contribution in [2.75, 3.05) is 17.4 Å². The van der Waals surface area contributed by atoms with E-state index < -0.39 is 10.8 Å². The van der Waals surface area contributed by atoms with Crippen molar-refractivity contribution in [1.29, 1.82) is 0 Å². The largest absolute Gasteiger partial charge is 0.355 e. The predicted molar refractivity (Wildman–Crippen MR) is 105 cm³/mol. The fraction of sp³-hybridized carbons (Fsp3) is 0.105. The number of aromatic nitrogens is 2. The second kappa shape index (κ2) is 8.12. The molecule has 9 nitrogen and oxygen atoms in total. The van der Waals surface area contributed by atoms with Crippen molar-refractivity contribution in [2.24, 2.45) is 0 Å². The molecule has 2 aromatic carbocycles. The van der Waals surface area contributed by atoms with Gasteiger partial charge in [-0.05, 0) is 31.2 Å². The summed E-state index contributed by atoms with van der Waals surface area (Å²) < 4.78 is 0. The number of nitrogens with one attached hydrogen (secondary N) is 2. The van der Waals surface area contributed by atoms with Gasteiger partial charge in [-0.3, -0.25) is 25.8 Å². The van der Waals surface area contributed by atoms with Gasteiger partial charge in [0.2, 0.25) is 11.6 Å². The van der Waals surface area contributed by atoms with E-state index >= 15 is 0 Å². The summed E-state index contributed by atoms with van der Waals surface area (Å²) in [7, 11) is 1.67. The van der Waals surface area contributed by atoms with E-state index in [1.807, 2.05) is 25.1 Å². The van der Waals surface area contributed by atoms with Crippen molar-refractivity contribution in [3.63, 3.8) is 0 Å². The molecule has 1 amide bonds. The number of hydrogen-bond donors (Lipinski definition) is 2. The minimum absolute atomic E-state index is 0.0956. The van der Waals surface area contributed by atoms with Crippen molar-refractivity contribution in [3.05, 3.63) is 82.2 Å². The molecule has 3 aromatic rings. The minimum atomic E-state index is -0.588. The number of nitrogens with zero attached hydrogens (tertiary/aromatic N) is 4. The second-order valence-corrected chi connectivity index (χ2v) is 5.99. The Balaban J connectivity index is 1.86. The highest BCUT2D eigenvalue weighted by molar-refractivity contribution is 5.95. The maximum Gasteiger partial charge on any atom is 0.355 e. The highest BCUT2D eigenvalue weighted by Gasteiger charge is 2.26. The third-order valence-corrected chi connectivity index (χ3v) is 4.05. The molecule has 2 N–H and O–H groups in total. The van der Waals surface area contributed by atoms with Gasteiger partial charge in [0.15, 0.2) is 0 Å². The van der Waals surface area contributed by atoms with Gasteiger partial charge in [-0.2, -0.15) is 0 Å². The van der Waals surface area contributed by atoms with Crippen LogP contribution in [0.3, 0.4) is 0 Å². The summed E-state index contributed by atoms with van der Waals surface area (Å²) in [5, 5.41) is 11.7. The number of hydrogen-bond acceptors (Lipinski definition) is 7. The van der Waals surface area contributed by atoms with Gasteiger partial charge < -0.3 is 4.90 Å². The summed E-state index contributed by atoms with van der Waals surface area (Å²) in [4.78, 5) is 32.9. The first kappa shape index (κ1) is 18.8. The first-order chi connectivity index (χ1) is 13.5. The molecule has 0 saturated carbocycles. The van der Waals surface area contributed by atoms with Gasteiger partial charge in [0, 0.05) is 18.3 Å². The molecule has 28 heavy (non-hydrogen) atoms. The summed E-state index contributed by atoms with van der Waals surface area (Å²) in [5.41, 5.74) is 6.77. The lowest BCUT2D eigenvalue weighted by Gasteiger charge is -2.19. The monoisotopic (exact) mass is 378 g/mol.